The molecule has 0 saturated carbocycles. The molecule has 0 aliphatic heterocycles. The highest BCUT2D eigenvalue weighted by atomic mass is 127. The minimum atomic E-state index is 0. The molecule has 1 aromatic carbocycles. The number of hydrogen-bond donors (Lipinski definition) is 2. The molecule has 0 atom stereocenters. The lowest BCUT2D eigenvalue weighted by molar-refractivity contribution is 0.310. The van der Waals surface area contributed by atoms with Gasteiger partial charge in [0.15, 0.2) is 17.5 Å². The summed E-state index contributed by atoms with van der Waals surface area (Å²) in [4.78, 5) is 10.6. The lowest BCUT2D eigenvalue weighted by atomic mass is 10.1. The predicted molar refractivity (Wildman–Crippen MR) is 137 cm³/mol. The van der Waals surface area contributed by atoms with Crippen molar-refractivity contribution in [2.24, 2.45) is 4.99 Å². The van der Waals surface area contributed by atoms with Crippen molar-refractivity contribution in [1.29, 1.82) is 0 Å². The van der Waals surface area contributed by atoms with Crippen molar-refractivity contribution in [3.8, 4) is 11.5 Å². The van der Waals surface area contributed by atoms with E-state index in [0.29, 0.717) is 6.61 Å². The Labute approximate surface area is 201 Å². The van der Waals surface area contributed by atoms with E-state index in [-0.39, 0.29) is 24.0 Å². The van der Waals surface area contributed by atoms with Crippen molar-refractivity contribution >= 4 is 41.3 Å². The van der Waals surface area contributed by atoms with Gasteiger partial charge in [-0.05, 0) is 58.2 Å². The number of thiazole rings is 1. The van der Waals surface area contributed by atoms with Crippen molar-refractivity contribution in [2.75, 3.05) is 33.4 Å². The van der Waals surface area contributed by atoms with Gasteiger partial charge in [0, 0.05) is 30.9 Å². The smallest absolute Gasteiger partial charge is 0.191 e. The first-order valence-electron chi connectivity index (χ1n) is 10.3. The third-order valence-corrected chi connectivity index (χ3v) is 5.60. The molecular weight excluding hydrogens is 511 g/mol. The topological polar surface area (TPSA) is 67.8 Å². The Morgan fingerprint density at radius 3 is 2.57 bits per heavy atom. The van der Waals surface area contributed by atoms with Gasteiger partial charge in [0.05, 0.1) is 24.4 Å². The van der Waals surface area contributed by atoms with E-state index >= 15 is 0 Å². The minimum Gasteiger partial charge on any atom is -0.493 e. The van der Waals surface area contributed by atoms with Gasteiger partial charge in [-0.1, -0.05) is 6.07 Å². The van der Waals surface area contributed by atoms with Gasteiger partial charge in [0.2, 0.25) is 0 Å². The van der Waals surface area contributed by atoms with Crippen LogP contribution < -0.4 is 20.1 Å². The van der Waals surface area contributed by atoms with E-state index in [0.717, 1.165) is 62.0 Å². The average molecular weight is 547 g/mol. The Hall–Kier alpha value is -1.55. The van der Waals surface area contributed by atoms with Crippen LogP contribution in [0.4, 0.5) is 0 Å². The maximum Gasteiger partial charge on any atom is 0.191 e. The highest BCUT2D eigenvalue weighted by Gasteiger charge is 2.06. The molecule has 2 aromatic rings. The fourth-order valence-corrected chi connectivity index (χ4v) is 3.83. The van der Waals surface area contributed by atoms with Gasteiger partial charge >= 0.3 is 0 Å². The van der Waals surface area contributed by atoms with Crippen molar-refractivity contribution in [3.05, 3.63) is 39.3 Å². The summed E-state index contributed by atoms with van der Waals surface area (Å²) < 4.78 is 11.0. The van der Waals surface area contributed by atoms with Crippen LogP contribution >= 0.6 is 35.3 Å². The number of aliphatic imine (C=N–C) groups is 1. The molecule has 0 aliphatic carbocycles. The molecule has 0 unspecified atom stereocenters. The highest BCUT2D eigenvalue weighted by Crippen LogP contribution is 2.28. The average Bonchev–Trinajstić information content (AvgIpc) is 3.03. The van der Waals surface area contributed by atoms with E-state index < -0.39 is 0 Å². The van der Waals surface area contributed by atoms with Gasteiger partial charge in [-0.25, -0.2) is 4.98 Å². The van der Waals surface area contributed by atoms with Crippen molar-refractivity contribution < 1.29 is 9.47 Å². The monoisotopic (exact) mass is 546 g/mol. The number of aromatic nitrogens is 1. The molecule has 0 saturated heterocycles. The zero-order valence-electron chi connectivity index (χ0n) is 18.7. The number of benzene rings is 1. The van der Waals surface area contributed by atoms with Gasteiger partial charge < -0.3 is 20.1 Å². The predicted octanol–water partition coefficient (Wildman–Crippen LogP) is 4.52. The Balaban J connectivity index is 0.00000450. The van der Waals surface area contributed by atoms with Gasteiger partial charge in [0.1, 0.15) is 0 Å². The van der Waals surface area contributed by atoms with Crippen LogP contribution in [0.3, 0.4) is 0 Å². The molecule has 0 amide bonds. The van der Waals surface area contributed by atoms with Gasteiger partial charge in [0.25, 0.3) is 0 Å². The number of rotatable bonds is 11. The summed E-state index contributed by atoms with van der Waals surface area (Å²) in [5.74, 6) is 2.44. The summed E-state index contributed by atoms with van der Waals surface area (Å²) in [7, 11) is 1.67. The van der Waals surface area contributed by atoms with E-state index in [2.05, 4.69) is 48.5 Å². The summed E-state index contributed by atoms with van der Waals surface area (Å²) >= 11 is 1.78. The second-order valence-corrected chi connectivity index (χ2v) is 8.00. The molecule has 1 aromatic heterocycles. The summed E-state index contributed by atoms with van der Waals surface area (Å²) in [5, 5.41) is 7.89. The zero-order valence-corrected chi connectivity index (χ0v) is 21.9. The van der Waals surface area contributed by atoms with Crippen LogP contribution in [-0.4, -0.2) is 44.3 Å². The Morgan fingerprint density at radius 1 is 1.13 bits per heavy atom. The Bertz CT molecular complexity index is 776. The molecular formula is C22H35IN4O2S. The summed E-state index contributed by atoms with van der Waals surface area (Å²) in [6, 6.07) is 6.12. The van der Waals surface area contributed by atoms with Crippen molar-refractivity contribution in [2.45, 2.75) is 47.0 Å². The summed E-state index contributed by atoms with van der Waals surface area (Å²) in [5.41, 5.74) is 2.37. The minimum absolute atomic E-state index is 0. The van der Waals surface area contributed by atoms with E-state index in [1.807, 2.05) is 13.0 Å². The highest BCUT2D eigenvalue weighted by molar-refractivity contribution is 14.0. The molecule has 30 heavy (non-hydrogen) atoms. The van der Waals surface area contributed by atoms with E-state index in [9.17, 15) is 0 Å². The van der Waals surface area contributed by atoms with E-state index in [4.69, 9.17) is 14.5 Å². The Kier molecular flexibility index (Phi) is 12.8. The maximum absolute atomic E-state index is 5.66. The van der Waals surface area contributed by atoms with Crippen LogP contribution in [0.2, 0.25) is 0 Å². The fraction of sp³-hybridized carbons (Fsp3) is 0.545. The van der Waals surface area contributed by atoms with E-state index in [1.54, 1.807) is 18.4 Å². The standard InChI is InChI=1S/C22H34N4O2S.HI/c1-6-23-22(25-14-12-21-26-16(3)17(4)29-21)24-13-8-9-18-10-11-19(27-5)20(15-18)28-7-2;/h10-11,15H,6-9,12-14H2,1-5H3,(H2,23,24,25);1H. The molecule has 6 nitrogen and oxygen atoms in total. The maximum atomic E-state index is 5.66. The Morgan fingerprint density at radius 2 is 1.93 bits per heavy atom. The van der Waals surface area contributed by atoms with Crippen LogP contribution in [0, 0.1) is 13.8 Å². The summed E-state index contributed by atoms with van der Waals surface area (Å²) in [6.45, 7) is 11.3. The fourth-order valence-electron chi connectivity index (χ4n) is 2.89. The number of methoxy groups -OCH3 is 1. The lowest BCUT2D eigenvalue weighted by Crippen LogP contribution is -2.38. The molecule has 168 valence electrons. The van der Waals surface area contributed by atoms with Crippen molar-refractivity contribution in [1.82, 2.24) is 15.6 Å². The first kappa shape index (κ1) is 26.5. The molecule has 0 spiro atoms. The third-order valence-electron chi connectivity index (χ3n) is 4.47. The van der Waals surface area contributed by atoms with Crippen molar-refractivity contribution in [3.63, 3.8) is 0 Å². The number of aryl methyl sites for hydroxylation is 3. The van der Waals surface area contributed by atoms with E-state index in [1.165, 1.54) is 15.4 Å². The SMILES string of the molecule is CCNC(=NCCCc1ccc(OC)c(OCC)c1)NCCc1nc(C)c(C)s1.I. The molecule has 2 N–H and O–H groups in total. The first-order valence-corrected chi connectivity index (χ1v) is 11.1. The quantitative estimate of drug-likeness (QED) is 0.188. The van der Waals surface area contributed by atoms with Crippen LogP contribution in [-0.2, 0) is 12.8 Å². The number of nitrogens with one attached hydrogen (secondary N) is 2. The molecule has 0 aliphatic rings. The number of halogens is 1. The second kappa shape index (κ2) is 14.5. The second-order valence-electron chi connectivity index (χ2n) is 6.71. The zero-order chi connectivity index (χ0) is 21.1. The first-order chi connectivity index (χ1) is 14.1. The summed E-state index contributed by atoms with van der Waals surface area (Å²) in [6.07, 6.45) is 2.83. The lowest BCUT2D eigenvalue weighted by Gasteiger charge is -2.12. The van der Waals surface area contributed by atoms with Crippen LogP contribution in [0.1, 0.15) is 41.4 Å². The number of nitrogens with zero attached hydrogens (tertiary/aromatic N) is 2. The molecule has 0 radical (unpaired) electrons. The molecule has 1 heterocycles. The van der Waals surface area contributed by atoms with Gasteiger partial charge in [-0.15, -0.1) is 35.3 Å². The largest absolute Gasteiger partial charge is 0.493 e. The van der Waals surface area contributed by atoms with Crippen LogP contribution in [0.5, 0.6) is 11.5 Å². The molecule has 2 rings (SSSR count). The van der Waals surface area contributed by atoms with Gasteiger partial charge in [-0.3, -0.25) is 4.99 Å². The van der Waals surface area contributed by atoms with Gasteiger partial charge in [-0.2, -0.15) is 0 Å². The molecule has 0 bridgehead atoms. The van der Waals surface area contributed by atoms with Crippen LogP contribution in [0.15, 0.2) is 23.2 Å². The molecule has 8 heteroatoms. The molecule has 0 fully saturated rings. The number of ether oxygens (including phenoxy) is 2. The van der Waals surface area contributed by atoms with Crippen LogP contribution in [0.25, 0.3) is 0 Å². The third kappa shape index (κ3) is 8.67. The normalized spacial score (nSPS) is 11.0. The number of guanidine groups is 1. The number of hydrogen-bond acceptors (Lipinski definition) is 5.